The number of hydrogen-bond donors (Lipinski definition) is 1. The maximum Gasteiger partial charge on any atom is 0.331 e. The third-order valence-corrected chi connectivity index (χ3v) is 7.16. The first-order valence-electron chi connectivity index (χ1n) is 12.2. The number of hydrogen-bond acceptors (Lipinski definition) is 5. The summed E-state index contributed by atoms with van der Waals surface area (Å²) in [6, 6.07) is 23.0. The van der Waals surface area contributed by atoms with Gasteiger partial charge in [0.15, 0.2) is 0 Å². The summed E-state index contributed by atoms with van der Waals surface area (Å²) in [6.45, 7) is 0.669. The molecular formula is C28H26N6O3. The molecule has 0 spiro atoms. The van der Waals surface area contributed by atoms with E-state index in [9.17, 15) is 14.4 Å². The number of pyridine rings is 1. The highest BCUT2D eigenvalue weighted by Crippen LogP contribution is 2.27. The van der Waals surface area contributed by atoms with Crippen LogP contribution in [0.1, 0.15) is 11.1 Å². The molecule has 2 fully saturated rings. The molecule has 4 amide bonds. The summed E-state index contributed by atoms with van der Waals surface area (Å²) in [5.74, 6) is -0.382. The number of nitrogens with zero attached hydrogens (tertiary/aromatic N) is 5. The van der Waals surface area contributed by atoms with E-state index < -0.39 is 12.2 Å². The number of carbonyl (C=O) groups excluding carboxylic acids is 3. The molecule has 0 radical (unpaired) electrons. The standard InChI is InChI=1S/C28H26N6O3/c29-28(37)34-24-16-31(14-22-10-4-8-20-11-5-13-30-27(20)22)25(35)18-33(24)26(36)17-32(34)15-21-9-3-7-19-6-1-2-12-23(19)21/h1-13,24H,14-18H2,(H2,29,37). The number of piperazine rings is 1. The smallest absolute Gasteiger partial charge is 0.331 e. The van der Waals surface area contributed by atoms with Crippen molar-refractivity contribution in [2.45, 2.75) is 19.3 Å². The first-order chi connectivity index (χ1) is 18.0. The van der Waals surface area contributed by atoms with Gasteiger partial charge in [-0.25, -0.2) is 14.8 Å². The van der Waals surface area contributed by atoms with Gasteiger partial charge in [-0.1, -0.05) is 66.7 Å². The minimum Gasteiger partial charge on any atom is -0.350 e. The second-order valence-corrected chi connectivity index (χ2v) is 9.41. The van der Waals surface area contributed by atoms with Gasteiger partial charge in [-0.3, -0.25) is 14.6 Å². The first kappa shape index (κ1) is 22.9. The van der Waals surface area contributed by atoms with Crippen LogP contribution in [0.3, 0.4) is 0 Å². The molecule has 0 aliphatic carbocycles. The number of nitrogens with two attached hydrogens (primary N) is 1. The minimum absolute atomic E-state index is 0.0385. The molecule has 9 nitrogen and oxygen atoms in total. The summed E-state index contributed by atoms with van der Waals surface area (Å²) in [6.07, 6.45) is 1.04. The number of benzene rings is 3. The van der Waals surface area contributed by atoms with Crippen LogP contribution in [-0.2, 0) is 22.7 Å². The third kappa shape index (κ3) is 4.13. The molecule has 186 valence electrons. The van der Waals surface area contributed by atoms with Gasteiger partial charge in [0, 0.05) is 24.7 Å². The van der Waals surface area contributed by atoms with E-state index in [0.29, 0.717) is 13.1 Å². The number of amides is 4. The second kappa shape index (κ2) is 9.18. The van der Waals surface area contributed by atoms with Crippen molar-refractivity contribution in [3.63, 3.8) is 0 Å². The Morgan fingerprint density at radius 1 is 0.838 bits per heavy atom. The zero-order valence-electron chi connectivity index (χ0n) is 20.2. The van der Waals surface area contributed by atoms with Gasteiger partial charge in [-0.15, -0.1) is 0 Å². The first-order valence-corrected chi connectivity index (χ1v) is 12.2. The number of carbonyl (C=O) groups is 3. The van der Waals surface area contributed by atoms with Crippen LogP contribution in [0.2, 0.25) is 0 Å². The quantitative estimate of drug-likeness (QED) is 0.470. The maximum atomic E-state index is 13.2. The molecule has 2 saturated heterocycles. The van der Waals surface area contributed by atoms with Crippen molar-refractivity contribution in [3.8, 4) is 0 Å². The van der Waals surface area contributed by atoms with Crippen molar-refractivity contribution in [2.24, 2.45) is 5.73 Å². The van der Waals surface area contributed by atoms with Gasteiger partial charge < -0.3 is 15.5 Å². The van der Waals surface area contributed by atoms with Gasteiger partial charge in [-0.05, 0) is 28.0 Å². The Morgan fingerprint density at radius 2 is 1.57 bits per heavy atom. The Balaban J connectivity index is 1.30. The van der Waals surface area contributed by atoms with Crippen LogP contribution >= 0.6 is 0 Å². The molecule has 3 aromatic carbocycles. The van der Waals surface area contributed by atoms with E-state index in [1.165, 1.54) is 9.91 Å². The highest BCUT2D eigenvalue weighted by molar-refractivity contribution is 5.90. The number of hydrazine groups is 1. The largest absolute Gasteiger partial charge is 0.350 e. The van der Waals surface area contributed by atoms with Gasteiger partial charge in [-0.2, -0.15) is 0 Å². The fourth-order valence-corrected chi connectivity index (χ4v) is 5.42. The highest BCUT2D eigenvalue weighted by Gasteiger charge is 2.46. The number of urea groups is 1. The van der Waals surface area contributed by atoms with E-state index in [-0.39, 0.29) is 31.4 Å². The molecule has 0 bridgehead atoms. The average Bonchev–Trinajstić information content (AvgIpc) is 2.90. The van der Waals surface area contributed by atoms with Crippen LogP contribution in [0.4, 0.5) is 4.79 Å². The van der Waals surface area contributed by atoms with Crippen molar-refractivity contribution < 1.29 is 14.4 Å². The number of para-hydroxylation sites is 1. The van der Waals surface area contributed by atoms with Crippen molar-refractivity contribution in [2.75, 3.05) is 19.6 Å². The Kier molecular flexibility index (Phi) is 5.69. The van der Waals surface area contributed by atoms with Crippen molar-refractivity contribution >= 4 is 39.5 Å². The second-order valence-electron chi connectivity index (χ2n) is 9.41. The summed E-state index contributed by atoms with van der Waals surface area (Å²) in [5.41, 5.74) is 8.59. The number of fused-ring (bicyclic) bond motifs is 3. The summed E-state index contributed by atoms with van der Waals surface area (Å²) < 4.78 is 0. The Hall–Kier alpha value is -4.50. The molecule has 1 unspecified atom stereocenters. The minimum atomic E-state index is -0.686. The third-order valence-electron chi connectivity index (χ3n) is 7.16. The SMILES string of the molecule is NC(=O)N1C2CN(Cc3cccc4cccnc34)C(=O)CN2C(=O)CN1Cc1cccc2ccccc12. The monoisotopic (exact) mass is 494 g/mol. The highest BCUT2D eigenvalue weighted by atomic mass is 16.2. The normalized spacial score (nSPS) is 18.5. The number of rotatable bonds is 4. The average molecular weight is 495 g/mol. The number of primary amides is 1. The number of aromatic nitrogens is 1. The van der Waals surface area contributed by atoms with Crippen molar-refractivity contribution in [1.29, 1.82) is 0 Å². The lowest BCUT2D eigenvalue weighted by Crippen LogP contribution is -2.73. The van der Waals surface area contributed by atoms with E-state index in [0.717, 1.165) is 32.8 Å². The zero-order chi connectivity index (χ0) is 25.5. The lowest BCUT2D eigenvalue weighted by atomic mass is 10.0. The van der Waals surface area contributed by atoms with Crippen molar-refractivity contribution in [3.05, 3.63) is 90.1 Å². The van der Waals surface area contributed by atoms with Crippen LogP contribution in [0, 0.1) is 0 Å². The fraction of sp³-hybridized carbons (Fsp3) is 0.214. The predicted octanol–water partition coefficient (Wildman–Crippen LogP) is 2.70. The molecule has 1 aromatic heterocycles. The van der Waals surface area contributed by atoms with E-state index >= 15 is 0 Å². The lowest BCUT2D eigenvalue weighted by molar-refractivity contribution is -0.183. The molecule has 6 rings (SSSR count). The van der Waals surface area contributed by atoms with E-state index in [4.69, 9.17) is 5.73 Å². The zero-order valence-corrected chi connectivity index (χ0v) is 20.2. The van der Waals surface area contributed by atoms with Gasteiger partial charge in [0.2, 0.25) is 11.8 Å². The molecule has 4 aromatic rings. The van der Waals surface area contributed by atoms with Gasteiger partial charge in [0.25, 0.3) is 0 Å². The molecule has 9 heteroatoms. The Bertz CT molecular complexity index is 1530. The van der Waals surface area contributed by atoms with Crippen LogP contribution < -0.4 is 5.73 Å². The van der Waals surface area contributed by atoms with Crippen LogP contribution in [0.5, 0.6) is 0 Å². The Morgan fingerprint density at radius 3 is 2.41 bits per heavy atom. The molecule has 1 atom stereocenters. The van der Waals surface area contributed by atoms with Crippen LogP contribution in [-0.4, -0.2) is 68.4 Å². The molecule has 2 N–H and O–H groups in total. The van der Waals surface area contributed by atoms with Gasteiger partial charge >= 0.3 is 6.03 Å². The van der Waals surface area contributed by atoms with E-state index in [2.05, 4.69) is 4.98 Å². The summed E-state index contributed by atoms with van der Waals surface area (Å²) in [5, 5.41) is 6.24. The van der Waals surface area contributed by atoms with E-state index in [1.807, 2.05) is 72.8 Å². The van der Waals surface area contributed by atoms with Gasteiger partial charge in [0.1, 0.15) is 12.7 Å². The molecule has 2 aliphatic heterocycles. The summed E-state index contributed by atoms with van der Waals surface area (Å²) in [4.78, 5) is 46.7. The fourth-order valence-electron chi connectivity index (χ4n) is 5.42. The summed E-state index contributed by atoms with van der Waals surface area (Å²) >= 11 is 0. The van der Waals surface area contributed by atoms with Crippen LogP contribution in [0.25, 0.3) is 21.7 Å². The molecule has 0 saturated carbocycles. The Labute approximate surface area is 213 Å². The molecule has 37 heavy (non-hydrogen) atoms. The maximum absolute atomic E-state index is 13.2. The topological polar surface area (TPSA) is 103 Å². The van der Waals surface area contributed by atoms with E-state index in [1.54, 1.807) is 16.1 Å². The lowest BCUT2D eigenvalue weighted by Gasteiger charge is -2.52. The molecular weight excluding hydrogens is 468 g/mol. The predicted molar refractivity (Wildman–Crippen MR) is 138 cm³/mol. The molecule has 3 heterocycles. The van der Waals surface area contributed by atoms with Gasteiger partial charge in [0.05, 0.1) is 18.6 Å². The summed E-state index contributed by atoms with van der Waals surface area (Å²) in [7, 11) is 0. The molecule has 2 aliphatic rings. The van der Waals surface area contributed by atoms with Crippen molar-refractivity contribution in [1.82, 2.24) is 24.8 Å². The van der Waals surface area contributed by atoms with Crippen LogP contribution in [0.15, 0.2) is 79.0 Å².